The Kier molecular flexibility index (Phi) is 9.21. The van der Waals surface area contributed by atoms with E-state index in [1.165, 1.54) is 0 Å². The lowest BCUT2D eigenvalue weighted by molar-refractivity contribution is -0.145. The van der Waals surface area contributed by atoms with Gasteiger partial charge in [-0.05, 0) is 32.4 Å². The minimum atomic E-state index is -0.720. The monoisotopic (exact) mass is 381 g/mol. The van der Waals surface area contributed by atoms with Crippen molar-refractivity contribution in [3.8, 4) is 0 Å². The number of hydrogen-bond acceptors (Lipinski definition) is 6. The van der Waals surface area contributed by atoms with Crippen molar-refractivity contribution in [1.82, 2.24) is 10.6 Å². The first-order valence-corrected chi connectivity index (χ1v) is 9.15. The van der Waals surface area contributed by atoms with Crippen LogP contribution in [0.5, 0.6) is 0 Å². The van der Waals surface area contributed by atoms with Crippen molar-refractivity contribution in [3.05, 3.63) is 29.3 Å². The van der Waals surface area contributed by atoms with Crippen LogP contribution < -0.4 is 16.0 Å². The highest BCUT2D eigenvalue weighted by Crippen LogP contribution is 2.16. The topological polar surface area (TPSA) is 114 Å². The summed E-state index contributed by atoms with van der Waals surface area (Å²) in [6.07, 6.45) is 0. The van der Waals surface area contributed by atoms with Gasteiger partial charge in [0, 0.05) is 12.2 Å². The Morgan fingerprint density at radius 3 is 2.46 bits per heavy atom. The maximum atomic E-state index is 11.9. The van der Waals surface area contributed by atoms with Crippen LogP contribution in [0.15, 0.2) is 18.2 Å². The zero-order valence-electron chi connectivity index (χ0n) is 15.0. The Morgan fingerprint density at radius 2 is 1.81 bits per heavy atom. The Bertz CT molecular complexity index is 678. The quantitative estimate of drug-likeness (QED) is 0.586. The van der Waals surface area contributed by atoms with Gasteiger partial charge in [-0.3, -0.25) is 19.7 Å². The Morgan fingerprint density at radius 1 is 1.08 bits per heavy atom. The molecule has 9 heteroatoms. The molecule has 0 aliphatic heterocycles. The molecule has 0 aliphatic rings. The van der Waals surface area contributed by atoms with Crippen molar-refractivity contribution >= 4 is 41.3 Å². The summed E-state index contributed by atoms with van der Waals surface area (Å²) in [7, 11) is 0. The summed E-state index contributed by atoms with van der Waals surface area (Å²) in [5.41, 5.74) is 2.79. The van der Waals surface area contributed by atoms with E-state index in [2.05, 4.69) is 10.6 Å². The van der Waals surface area contributed by atoms with Gasteiger partial charge in [0.05, 0.1) is 11.5 Å². The average Bonchev–Trinajstić information content (AvgIpc) is 2.56. The number of aryl methyl sites for hydroxylation is 2. The number of carbonyl (C=O) groups is 4. The number of thioether (sulfide) groups is 1. The van der Waals surface area contributed by atoms with E-state index < -0.39 is 24.5 Å². The summed E-state index contributed by atoms with van der Waals surface area (Å²) in [5.74, 6) is -1.59. The van der Waals surface area contributed by atoms with Gasteiger partial charge in [0.1, 0.15) is 0 Å². The summed E-state index contributed by atoms with van der Waals surface area (Å²) in [4.78, 5) is 45.9. The SMILES string of the molecule is CCNC(=O)NC(=O)COC(=O)CSCC(=O)Nc1ccc(C)cc1C. The van der Waals surface area contributed by atoms with Crippen LogP contribution >= 0.6 is 11.8 Å². The summed E-state index contributed by atoms with van der Waals surface area (Å²) < 4.78 is 4.73. The zero-order chi connectivity index (χ0) is 19.5. The third kappa shape index (κ3) is 8.52. The molecule has 0 saturated heterocycles. The Labute approximate surface area is 156 Å². The number of amides is 4. The predicted molar refractivity (Wildman–Crippen MR) is 100 cm³/mol. The van der Waals surface area contributed by atoms with Crippen molar-refractivity contribution in [1.29, 1.82) is 0 Å². The van der Waals surface area contributed by atoms with Crippen LogP contribution in [0.2, 0.25) is 0 Å². The number of urea groups is 1. The fourth-order valence-corrected chi connectivity index (χ4v) is 2.53. The molecule has 142 valence electrons. The van der Waals surface area contributed by atoms with E-state index in [1.54, 1.807) is 6.92 Å². The van der Waals surface area contributed by atoms with E-state index in [4.69, 9.17) is 4.74 Å². The minimum absolute atomic E-state index is 0.0747. The summed E-state index contributed by atoms with van der Waals surface area (Å²) in [6.45, 7) is 5.40. The number of hydrogen-bond donors (Lipinski definition) is 3. The summed E-state index contributed by atoms with van der Waals surface area (Å²) in [6, 6.07) is 5.05. The highest BCUT2D eigenvalue weighted by molar-refractivity contribution is 8.00. The number of imide groups is 1. The molecule has 0 fully saturated rings. The number of anilines is 1. The molecule has 3 N–H and O–H groups in total. The number of benzene rings is 1. The van der Waals surface area contributed by atoms with E-state index in [-0.39, 0.29) is 17.4 Å². The fourth-order valence-electron chi connectivity index (χ4n) is 1.92. The lowest BCUT2D eigenvalue weighted by atomic mass is 10.1. The van der Waals surface area contributed by atoms with Gasteiger partial charge in [0.25, 0.3) is 5.91 Å². The third-order valence-corrected chi connectivity index (χ3v) is 3.97. The second-order valence-corrected chi connectivity index (χ2v) is 6.41. The van der Waals surface area contributed by atoms with E-state index in [9.17, 15) is 19.2 Å². The van der Waals surface area contributed by atoms with Crippen LogP contribution in [0, 0.1) is 13.8 Å². The molecule has 0 aromatic heterocycles. The lowest BCUT2D eigenvalue weighted by Gasteiger charge is -2.09. The second-order valence-electron chi connectivity index (χ2n) is 5.43. The normalized spacial score (nSPS) is 9.96. The number of esters is 1. The van der Waals surface area contributed by atoms with Crippen LogP contribution in [0.25, 0.3) is 0 Å². The molecule has 0 heterocycles. The lowest BCUT2D eigenvalue weighted by Crippen LogP contribution is -2.41. The second kappa shape index (κ2) is 11.1. The van der Waals surface area contributed by atoms with Crippen molar-refractivity contribution in [2.75, 3.05) is 30.0 Å². The first kappa shape index (κ1) is 21.5. The van der Waals surface area contributed by atoms with Crippen LogP contribution in [0.3, 0.4) is 0 Å². The van der Waals surface area contributed by atoms with Crippen molar-refractivity contribution in [2.24, 2.45) is 0 Å². The van der Waals surface area contributed by atoms with Gasteiger partial charge in [-0.1, -0.05) is 17.7 Å². The molecule has 0 atom stereocenters. The van der Waals surface area contributed by atoms with Gasteiger partial charge in [-0.15, -0.1) is 11.8 Å². The molecule has 0 aliphatic carbocycles. The summed E-state index contributed by atoms with van der Waals surface area (Å²) >= 11 is 1.07. The van der Waals surface area contributed by atoms with Crippen molar-refractivity contribution in [2.45, 2.75) is 20.8 Å². The standard InChI is InChI=1S/C17H23N3O5S/c1-4-18-17(24)20-14(21)8-25-16(23)10-26-9-15(22)19-13-6-5-11(2)7-12(13)3/h5-7H,4,8-10H2,1-3H3,(H,19,22)(H2,18,20,21,24). The number of nitrogens with one attached hydrogen (secondary N) is 3. The molecule has 1 aromatic carbocycles. The van der Waals surface area contributed by atoms with Crippen LogP contribution in [-0.2, 0) is 19.1 Å². The zero-order valence-corrected chi connectivity index (χ0v) is 15.8. The molecular formula is C17H23N3O5S. The number of rotatable bonds is 8. The number of ether oxygens (including phenoxy) is 1. The van der Waals surface area contributed by atoms with Gasteiger partial charge >= 0.3 is 12.0 Å². The van der Waals surface area contributed by atoms with Gasteiger partial charge in [0.15, 0.2) is 6.61 Å². The highest BCUT2D eigenvalue weighted by atomic mass is 32.2. The highest BCUT2D eigenvalue weighted by Gasteiger charge is 2.12. The average molecular weight is 381 g/mol. The predicted octanol–water partition coefficient (Wildman–Crippen LogP) is 1.36. The first-order chi connectivity index (χ1) is 12.3. The van der Waals surface area contributed by atoms with E-state index in [0.29, 0.717) is 6.54 Å². The first-order valence-electron chi connectivity index (χ1n) is 8.00. The molecular weight excluding hydrogens is 358 g/mol. The van der Waals surface area contributed by atoms with Gasteiger partial charge in [-0.2, -0.15) is 0 Å². The van der Waals surface area contributed by atoms with Gasteiger partial charge in [-0.25, -0.2) is 4.79 Å². The molecule has 4 amide bonds. The molecule has 0 saturated carbocycles. The van der Waals surface area contributed by atoms with Crippen LogP contribution in [0.4, 0.5) is 10.5 Å². The largest absolute Gasteiger partial charge is 0.455 e. The molecule has 26 heavy (non-hydrogen) atoms. The fraction of sp³-hybridized carbons (Fsp3) is 0.412. The van der Waals surface area contributed by atoms with Crippen LogP contribution in [0.1, 0.15) is 18.1 Å². The Hall–Kier alpha value is -2.55. The summed E-state index contributed by atoms with van der Waals surface area (Å²) in [5, 5.41) is 7.16. The minimum Gasteiger partial charge on any atom is -0.455 e. The number of carbonyl (C=O) groups excluding carboxylic acids is 4. The van der Waals surface area contributed by atoms with Crippen molar-refractivity contribution in [3.63, 3.8) is 0 Å². The van der Waals surface area contributed by atoms with E-state index in [0.717, 1.165) is 28.6 Å². The van der Waals surface area contributed by atoms with Crippen LogP contribution in [-0.4, -0.2) is 48.5 Å². The molecule has 0 radical (unpaired) electrons. The molecule has 0 unspecified atom stereocenters. The third-order valence-electron chi connectivity index (χ3n) is 3.06. The molecule has 0 spiro atoms. The molecule has 1 aromatic rings. The van der Waals surface area contributed by atoms with Gasteiger partial charge in [0.2, 0.25) is 5.91 Å². The molecule has 0 bridgehead atoms. The molecule has 8 nitrogen and oxygen atoms in total. The molecule has 1 rings (SSSR count). The smallest absolute Gasteiger partial charge is 0.321 e. The maximum Gasteiger partial charge on any atom is 0.321 e. The van der Waals surface area contributed by atoms with Gasteiger partial charge < -0.3 is 15.4 Å². The van der Waals surface area contributed by atoms with E-state index >= 15 is 0 Å². The Balaban J connectivity index is 2.23. The van der Waals surface area contributed by atoms with Crippen molar-refractivity contribution < 1.29 is 23.9 Å². The maximum absolute atomic E-state index is 11.9. The van der Waals surface area contributed by atoms with E-state index in [1.807, 2.05) is 37.4 Å².